The van der Waals surface area contributed by atoms with Crippen molar-refractivity contribution < 1.29 is 10.2 Å². The Morgan fingerprint density at radius 3 is 2.41 bits per heavy atom. The fourth-order valence-corrected chi connectivity index (χ4v) is 5.64. The normalized spacial score (nSPS) is 18.5. The molecule has 0 bridgehead atoms. The molecule has 2 atom stereocenters. The first-order chi connectivity index (χ1) is 17.5. The van der Waals surface area contributed by atoms with Crippen molar-refractivity contribution in [1.29, 1.82) is 0 Å². The van der Waals surface area contributed by atoms with Crippen LogP contribution < -0.4 is 0 Å². The molecule has 3 heterocycles. The number of rotatable bonds is 5. The monoisotopic (exact) mass is 494 g/mol. The smallest absolute Gasteiger partial charge is 0.165 e. The molecule has 0 amide bonds. The van der Waals surface area contributed by atoms with Gasteiger partial charge in [0.15, 0.2) is 5.60 Å². The molecule has 4 aromatic rings. The zero-order valence-corrected chi connectivity index (χ0v) is 22.1. The maximum atomic E-state index is 12.4. The van der Waals surface area contributed by atoms with Gasteiger partial charge in [0.1, 0.15) is 5.60 Å². The number of pyridine rings is 1. The van der Waals surface area contributed by atoms with Crippen molar-refractivity contribution in [3.05, 3.63) is 94.9 Å². The second kappa shape index (κ2) is 9.11. The van der Waals surface area contributed by atoms with Gasteiger partial charge in [0.2, 0.25) is 0 Å². The van der Waals surface area contributed by atoms with Gasteiger partial charge in [0.05, 0.1) is 11.2 Å². The summed E-state index contributed by atoms with van der Waals surface area (Å²) in [6, 6.07) is 17.8. The molecular weight excluding hydrogens is 460 g/mol. The fraction of sp³-hybridized carbons (Fsp3) is 0.355. The van der Waals surface area contributed by atoms with Crippen LogP contribution in [0.15, 0.2) is 67.0 Å². The number of benzene rings is 2. The summed E-state index contributed by atoms with van der Waals surface area (Å²) in [5.41, 5.74) is 1.62. The van der Waals surface area contributed by atoms with Crippen molar-refractivity contribution in [3.63, 3.8) is 0 Å². The van der Waals surface area contributed by atoms with E-state index in [-0.39, 0.29) is 0 Å². The SMILES string of the molecule is CC(C)c1ccc(C(O)(c2cncc(C#CC(C)(O)c3[nH]nc4ccccc34)c2)C2(C)CN(C)C2)cc1. The van der Waals surface area contributed by atoms with Crippen LogP contribution in [0.3, 0.4) is 0 Å². The van der Waals surface area contributed by atoms with E-state index < -0.39 is 16.6 Å². The topological polar surface area (TPSA) is 85.3 Å². The van der Waals surface area contributed by atoms with Crippen molar-refractivity contribution in [1.82, 2.24) is 20.1 Å². The number of nitrogens with zero attached hydrogens (tertiary/aromatic N) is 3. The van der Waals surface area contributed by atoms with Crippen molar-refractivity contribution in [2.45, 2.75) is 44.8 Å². The van der Waals surface area contributed by atoms with Crippen molar-refractivity contribution in [2.75, 3.05) is 20.1 Å². The van der Waals surface area contributed by atoms with Crippen molar-refractivity contribution in [2.24, 2.45) is 5.41 Å². The van der Waals surface area contributed by atoms with E-state index in [1.165, 1.54) is 5.56 Å². The number of H-pyrrole nitrogens is 1. The highest BCUT2D eigenvalue weighted by atomic mass is 16.3. The summed E-state index contributed by atoms with van der Waals surface area (Å²) in [4.78, 5) is 6.65. The Bertz CT molecular complexity index is 1490. The number of fused-ring (bicyclic) bond motifs is 1. The molecule has 2 aromatic heterocycles. The molecule has 0 aliphatic carbocycles. The minimum atomic E-state index is -1.45. The van der Waals surface area contributed by atoms with Gasteiger partial charge in [-0.2, -0.15) is 5.10 Å². The molecule has 1 aliphatic heterocycles. The minimum absolute atomic E-state index is 0.394. The summed E-state index contributed by atoms with van der Waals surface area (Å²) in [7, 11) is 2.06. The Morgan fingerprint density at radius 2 is 1.73 bits per heavy atom. The lowest BCUT2D eigenvalue weighted by molar-refractivity contribution is -0.127. The van der Waals surface area contributed by atoms with E-state index in [0.29, 0.717) is 22.7 Å². The largest absolute Gasteiger partial charge is 0.380 e. The van der Waals surface area contributed by atoms with Crippen LogP contribution in [0.4, 0.5) is 0 Å². The summed E-state index contributed by atoms with van der Waals surface area (Å²) < 4.78 is 0. The van der Waals surface area contributed by atoms with Crippen molar-refractivity contribution >= 4 is 10.9 Å². The molecule has 1 saturated heterocycles. The molecule has 190 valence electrons. The third-order valence-corrected chi connectivity index (χ3v) is 7.66. The molecule has 6 nitrogen and oxygen atoms in total. The molecule has 0 spiro atoms. The number of likely N-dealkylation sites (tertiary alicyclic amines) is 1. The third-order valence-electron chi connectivity index (χ3n) is 7.66. The lowest BCUT2D eigenvalue weighted by atomic mass is 9.62. The van der Waals surface area contributed by atoms with Crippen molar-refractivity contribution in [3.8, 4) is 11.8 Å². The van der Waals surface area contributed by atoms with E-state index in [2.05, 4.69) is 71.9 Å². The van der Waals surface area contributed by atoms with E-state index in [9.17, 15) is 10.2 Å². The first-order valence-corrected chi connectivity index (χ1v) is 12.7. The number of aromatic amines is 1. The molecule has 2 aromatic carbocycles. The van der Waals surface area contributed by atoms with Gasteiger partial charge in [0.25, 0.3) is 0 Å². The van der Waals surface area contributed by atoms with Crippen LogP contribution in [-0.2, 0) is 11.2 Å². The Kier molecular flexibility index (Phi) is 6.19. The zero-order chi connectivity index (χ0) is 26.4. The average molecular weight is 495 g/mol. The van der Waals surface area contributed by atoms with Crippen LogP contribution in [0.2, 0.25) is 0 Å². The number of nitrogens with one attached hydrogen (secondary N) is 1. The molecule has 0 radical (unpaired) electrons. The quantitative estimate of drug-likeness (QED) is 0.355. The Balaban J connectivity index is 1.54. The first-order valence-electron chi connectivity index (χ1n) is 12.7. The summed E-state index contributed by atoms with van der Waals surface area (Å²) in [6.45, 7) is 9.61. The van der Waals surface area contributed by atoms with Crippen LogP contribution in [0, 0.1) is 17.3 Å². The molecule has 3 N–H and O–H groups in total. The maximum Gasteiger partial charge on any atom is 0.165 e. The predicted octanol–water partition coefficient (Wildman–Crippen LogP) is 4.53. The maximum absolute atomic E-state index is 12.4. The second-order valence-corrected chi connectivity index (χ2v) is 11.1. The third kappa shape index (κ3) is 4.34. The number of hydrogen-bond donors (Lipinski definition) is 3. The minimum Gasteiger partial charge on any atom is -0.380 e. The zero-order valence-electron chi connectivity index (χ0n) is 22.1. The number of para-hydroxylation sites is 1. The highest BCUT2D eigenvalue weighted by Gasteiger charge is 2.55. The van der Waals surface area contributed by atoms with E-state index in [4.69, 9.17) is 0 Å². The summed E-state index contributed by atoms with van der Waals surface area (Å²) in [6.07, 6.45) is 3.39. The number of aromatic nitrogens is 3. The highest BCUT2D eigenvalue weighted by molar-refractivity contribution is 5.82. The molecule has 6 heteroatoms. The van der Waals surface area contributed by atoms with Gasteiger partial charge in [-0.05, 0) is 43.1 Å². The van der Waals surface area contributed by atoms with Crippen LogP contribution >= 0.6 is 0 Å². The second-order valence-electron chi connectivity index (χ2n) is 11.1. The van der Waals surface area contributed by atoms with Crippen LogP contribution in [-0.4, -0.2) is 50.4 Å². The number of hydrogen-bond acceptors (Lipinski definition) is 5. The predicted molar refractivity (Wildman–Crippen MR) is 146 cm³/mol. The van der Waals surface area contributed by atoms with E-state index in [1.807, 2.05) is 42.5 Å². The summed E-state index contributed by atoms with van der Waals surface area (Å²) in [5.74, 6) is 6.49. The van der Waals surface area contributed by atoms with Gasteiger partial charge >= 0.3 is 0 Å². The van der Waals surface area contributed by atoms with Gasteiger partial charge in [-0.15, -0.1) is 0 Å². The highest BCUT2D eigenvalue weighted by Crippen LogP contribution is 2.50. The van der Waals surface area contributed by atoms with Gasteiger partial charge in [-0.3, -0.25) is 10.1 Å². The fourth-order valence-electron chi connectivity index (χ4n) is 5.64. The molecule has 37 heavy (non-hydrogen) atoms. The lowest BCUT2D eigenvalue weighted by Crippen LogP contribution is -2.63. The van der Waals surface area contributed by atoms with Gasteiger partial charge in [0, 0.05) is 47.4 Å². The Hall–Kier alpha value is -3.50. The molecule has 5 rings (SSSR count). The van der Waals surface area contributed by atoms with Gasteiger partial charge in [-0.25, -0.2) is 0 Å². The molecule has 1 fully saturated rings. The van der Waals surface area contributed by atoms with Gasteiger partial charge in [-0.1, -0.05) is 75.1 Å². The van der Waals surface area contributed by atoms with Crippen LogP contribution in [0.5, 0.6) is 0 Å². The first kappa shape index (κ1) is 25.2. The molecule has 1 aliphatic rings. The molecule has 2 unspecified atom stereocenters. The van der Waals surface area contributed by atoms with E-state index in [1.54, 1.807) is 19.3 Å². The Labute approximate surface area is 218 Å². The van der Waals surface area contributed by atoms with Crippen LogP contribution in [0.1, 0.15) is 61.6 Å². The van der Waals surface area contributed by atoms with E-state index in [0.717, 1.165) is 29.6 Å². The molecule has 0 saturated carbocycles. The Morgan fingerprint density at radius 1 is 1.03 bits per heavy atom. The average Bonchev–Trinajstić information content (AvgIpc) is 3.32. The summed E-state index contributed by atoms with van der Waals surface area (Å²) >= 11 is 0. The molecular formula is C31H34N4O2. The van der Waals surface area contributed by atoms with E-state index >= 15 is 0 Å². The number of aliphatic hydroxyl groups is 2. The lowest BCUT2D eigenvalue weighted by Gasteiger charge is -2.55. The standard InChI is InChI=1S/C31H34N4O2/c1-21(2)23-10-12-24(13-11-23)31(37,29(3)19-35(5)20-29)25-16-22(17-32-18-25)14-15-30(4,36)28-26-8-6-7-9-27(26)33-34-28/h6-13,16-18,21,36-37H,19-20H2,1-5H3,(H,33,34). The van der Waals surface area contributed by atoms with Gasteiger partial charge < -0.3 is 15.1 Å². The van der Waals surface area contributed by atoms with Crippen LogP contribution in [0.25, 0.3) is 10.9 Å². The summed E-state index contributed by atoms with van der Waals surface area (Å²) in [5, 5.41) is 31.7.